The van der Waals surface area contributed by atoms with E-state index in [2.05, 4.69) is 21.2 Å². The molecule has 0 unspecified atom stereocenters. The Bertz CT molecular complexity index is 1120. The van der Waals surface area contributed by atoms with Gasteiger partial charge in [-0.25, -0.2) is 8.78 Å². The standard InChI is InChI=1S/C21H15BrF2N2O2/c22-18-8-5-14(9-19(18)24)25-21(28)17-11-26(15-6-7-15)10-16(20(17)27)12-1-3-13(23)4-2-12/h1-5,8-11,15H,6-7H2,(H,25,28). The van der Waals surface area contributed by atoms with Gasteiger partial charge in [0.25, 0.3) is 5.91 Å². The van der Waals surface area contributed by atoms with Crippen molar-refractivity contribution < 1.29 is 13.6 Å². The third kappa shape index (κ3) is 3.75. The number of amides is 1. The van der Waals surface area contributed by atoms with Crippen molar-refractivity contribution in [1.29, 1.82) is 0 Å². The van der Waals surface area contributed by atoms with Gasteiger partial charge in [-0.1, -0.05) is 12.1 Å². The third-order valence-corrected chi connectivity index (χ3v) is 5.23. The highest BCUT2D eigenvalue weighted by Crippen LogP contribution is 2.35. The van der Waals surface area contributed by atoms with E-state index in [4.69, 9.17) is 0 Å². The van der Waals surface area contributed by atoms with Crippen LogP contribution in [-0.4, -0.2) is 10.5 Å². The lowest BCUT2D eigenvalue weighted by Gasteiger charge is -2.12. The average molecular weight is 445 g/mol. The highest BCUT2D eigenvalue weighted by atomic mass is 79.9. The van der Waals surface area contributed by atoms with Crippen LogP contribution >= 0.6 is 15.9 Å². The van der Waals surface area contributed by atoms with Crippen molar-refractivity contribution >= 4 is 27.5 Å². The third-order valence-electron chi connectivity index (χ3n) is 4.59. The Morgan fingerprint density at radius 3 is 2.43 bits per heavy atom. The predicted octanol–water partition coefficient (Wildman–Crippen LogP) is 5.14. The Balaban J connectivity index is 1.75. The number of aromatic nitrogens is 1. The predicted molar refractivity (Wildman–Crippen MR) is 106 cm³/mol. The summed E-state index contributed by atoms with van der Waals surface area (Å²) in [5.41, 5.74) is 0.595. The van der Waals surface area contributed by atoms with E-state index in [1.54, 1.807) is 6.20 Å². The first kappa shape index (κ1) is 18.6. The molecule has 1 saturated carbocycles. The lowest BCUT2D eigenvalue weighted by atomic mass is 10.0. The summed E-state index contributed by atoms with van der Waals surface area (Å²) in [5, 5.41) is 2.57. The molecule has 142 valence electrons. The number of carbonyl (C=O) groups excluding carboxylic acids is 1. The van der Waals surface area contributed by atoms with Gasteiger partial charge < -0.3 is 9.88 Å². The molecular formula is C21H15BrF2N2O2. The van der Waals surface area contributed by atoms with E-state index in [0.29, 0.717) is 11.1 Å². The Morgan fingerprint density at radius 2 is 1.79 bits per heavy atom. The summed E-state index contributed by atoms with van der Waals surface area (Å²) in [6.45, 7) is 0. The number of hydrogen-bond acceptors (Lipinski definition) is 2. The number of hydrogen-bond donors (Lipinski definition) is 1. The van der Waals surface area contributed by atoms with Gasteiger partial charge in [0.05, 0.1) is 4.47 Å². The highest BCUT2D eigenvalue weighted by molar-refractivity contribution is 9.10. The molecule has 0 saturated heterocycles. The second-order valence-electron chi connectivity index (χ2n) is 6.68. The van der Waals surface area contributed by atoms with Crippen LogP contribution in [0.3, 0.4) is 0 Å². The van der Waals surface area contributed by atoms with Gasteiger partial charge >= 0.3 is 0 Å². The Labute approximate surface area is 168 Å². The van der Waals surface area contributed by atoms with E-state index in [1.165, 1.54) is 48.7 Å². The van der Waals surface area contributed by atoms with E-state index < -0.39 is 23.0 Å². The largest absolute Gasteiger partial charge is 0.350 e. The van der Waals surface area contributed by atoms with Crippen molar-refractivity contribution in [2.75, 3.05) is 5.32 Å². The van der Waals surface area contributed by atoms with Crippen LogP contribution in [-0.2, 0) is 0 Å². The number of benzene rings is 2. The van der Waals surface area contributed by atoms with Gasteiger partial charge in [-0.2, -0.15) is 0 Å². The van der Waals surface area contributed by atoms with Crippen molar-refractivity contribution in [2.45, 2.75) is 18.9 Å². The van der Waals surface area contributed by atoms with Gasteiger partial charge in [0.1, 0.15) is 17.2 Å². The fourth-order valence-corrected chi connectivity index (χ4v) is 3.20. The fourth-order valence-electron chi connectivity index (χ4n) is 2.95. The number of nitrogens with zero attached hydrogens (tertiary/aromatic N) is 1. The SMILES string of the molecule is O=C(Nc1ccc(Br)c(F)c1)c1cn(C2CC2)cc(-c2ccc(F)cc2)c1=O. The summed E-state index contributed by atoms with van der Waals surface area (Å²) in [4.78, 5) is 25.7. The first-order valence-corrected chi connectivity index (χ1v) is 9.50. The molecule has 1 amide bonds. The van der Waals surface area contributed by atoms with Crippen molar-refractivity contribution in [3.63, 3.8) is 0 Å². The first-order valence-electron chi connectivity index (χ1n) is 8.70. The summed E-state index contributed by atoms with van der Waals surface area (Å²) in [7, 11) is 0. The van der Waals surface area contributed by atoms with Gasteiger partial charge in [-0.15, -0.1) is 0 Å². The molecule has 0 atom stereocenters. The van der Waals surface area contributed by atoms with Crippen molar-refractivity contribution in [1.82, 2.24) is 4.57 Å². The topological polar surface area (TPSA) is 51.1 Å². The van der Waals surface area contributed by atoms with Crippen LogP contribution in [0, 0.1) is 11.6 Å². The van der Waals surface area contributed by atoms with Gasteiger partial charge in [0.2, 0.25) is 5.43 Å². The van der Waals surface area contributed by atoms with Crippen molar-refractivity contribution in [2.24, 2.45) is 0 Å². The van der Waals surface area contributed by atoms with Gasteiger partial charge in [-0.3, -0.25) is 9.59 Å². The molecule has 0 spiro atoms. The summed E-state index contributed by atoms with van der Waals surface area (Å²) >= 11 is 3.06. The number of pyridine rings is 1. The molecule has 3 aromatic rings. The smallest absolute Gasteiger partial charge is 0.261 e. The van der Waals surface area contributed by atoms with E-state index in [1.807, 2.05) is 4.57 Å². The molecule has 1 aromatic heterocycles. The number of rotatable bonds is 4. The Hall–Kier alpha value is -2.80. The van der Waals surface area contributed by atoms with Gasteiger partial charge in [-0.05, 0) is 64.7 Å². The lowest BCUT2D eigenvalue weighted by Crippen LogP contribution is -2.24. The normalized spacial score (nSPS) is 13.4. The average Bonchev–Trinajstić information content (AvgIpc) is 3.51. The quantitative estimate of drug-likeness (QED) is 0.605. The molecular weight excluding hydrogens is 430 g/mol. The number of carbonyl (C=O) groups is 1. The molecule has 4 rings (SSSR count). The van der Waals surface area contributed by atoms with Crippen LogP contribution < -0.4 is 10.7 Å². The van der Waals surface area contributed by atoms with Gasteiger partial charge in [0, 0.05) is 29.7 Å². The first-order chi connectivity index (χ1) is 13.4. The summed E-state index contributed by atoms with van der Waals surface area (Å²) in [6, 6.07) is 9.98. The minimum absolute atomic E-state index is 0.0444. The van der Waals surface area contributed by atoms with Crippen LogP contribution in [0.4, 0.5) is 14.5 Å². The van der Waals surface area contributed by atoms with Crippen LogP contribution in [0.1, 0.15) is 29.2 Å². The molecule has 0 radical (unpaired) electrons. The maximum atomic E-state index is 13.7. The van der Waals surface area contributed by atoms with Crippen LogP contribution in [0.25, 0.3) is 11.1 Å². The molecule has 1 aliphatic carbocycles. The number of nitrogens with one attached hydrogen (secondary N) is 1. The minimum atomic E-state index is -0.620. The molecule has 7 heteroatoms. The number of halogens is 3. The van der Waals surface area contributed by atoms with E-state index in [9.17, 15) is 18.4 Å². The highest BCUT2D eigenvalue weighted by Gasteiger charge is 2.26. The van der Waals surface area contributed by atoms with Crippen LogP contribution in [0.2, 0.25) is 0 Å². The van der Waals surface area contributed by atoms with Crippen molar-refractivity contribution in [3.8, 4) is 11.1 Å². The summed E-state index contributed by atoms with van der Waals surface area (Å²) in [5.74, 6) is -1.55. The molecule has 28 heavy (non-hydrogen) atoms. The minimum Gasteiger partial charge on any atom is -0.350 e. The monoisotopic (exact) mass is 444 g/mol. The summed E-state index contributed by atoms with van der Waals surface area (Å²) in [6.07, 6.45) is 5.15. The lowest BCUT2D eigenvalue weighted by molar-refractivity contribution is 0.102. The zero-order valence-corrected chi connectivity index (χ0v) is 16.2. The molecule has 1 heterocycles. The maximum absolute atomic E-state index is 13.7. The molecule has 1 N–H and O–H groups in total. The molecule has 1 aliphatic rings. The Morgan fingerprint density at radius 1 is 1.07 bits per heavy atom. The zero-order chi connectivity index (χ0) is 19.8. The molecule has 0 bridgehead atoms. The van der Waals surface area contributed by atoms with E-state index >= 15 is 0 Å². The second-order valence-corrected chi connectivity index (χ2v) is 7.54. The molecule has 2 aromatic carbocycles. The van der Waals surface area contributed by atoms with E-state index in [-0.39, 0.29) is 21.8 Å². The van der Waals surface area contributed by atoms with E-state index in [0.717, 1.165) is 12.8 Å². The molecule has 4 nitrogen and oxygen atoms in total. The van der Waals surface area contributed by atoms with Gasteiger partial charge in [0.15, 0.2) is 0 Å². The fraction of sp³-hybridized carbons (Fsp3) is 0.143. The Kier molecular flexibility index (Phi) is 4.85. The maximum Gasteiger partial charge on any atom is 0.261 e. The van der Waals surface area contributed by atoms with Crippen LogP contribution in [0.5, 0.6) is 0 Å². The van der Waals surface area contributed by atoms with Crippen LogP contribution in [0.15, 0.2) is 64.1 Å². The summed E-state index contributed by atoms with van der Waals surface area (Å²) < 4.78 is 29.1. The molecule has 0 aliphatic heterocycles. The van der Waals surface area contributed by atoms with Crippen molar-refractivity contribution in [3.05, 3.63) is 86.8 Å². The number of anilines is 1. The molecule has 1 fully saturated rings. The second kappa shape index (κ2) is 7.31. The zero-order valence-electron chi connectivity index (χ0n) is 14.6.